The van der Waals surface area contributed by atoms with Crippen LogP contribution in [-0.4, -0.2) is 110 Å². The molecule has 0 spiro atoms. The molecule has 0 bridgehead atoms. The van der Waals surface area contributed by atoms with Crippen LogP contribution in [0.15, 0.2) is 0 Å². The van der Waals surface area contributed by atoms with Crippen LogP contribution in [-0.2, 0) is 23.8 Å². The van der Waals surface area contributed by atoms with E-state index in [0.717, 1.165) is 57.3 Å². The van der Waals surface area contributed by atoms with Crippen LogP contribution in [0.5, 0.6) is 0 Å². The summed E-state index contributed by atoms with van der Waals surface area (Å²) in [5.74, 6) is 2.19. The summed E-state index contributed by atoms with van der Waals surface area (Å²) in [7, 11) is 0. The summed E-state index contributed by atoms with van der Waals surface area (Å²) in [4.78, 5) is 23.9. The quantitative estimate of drug-likeness (QED) is 0.0376. The van der Waals surface area contributed by atoms with Gasteiger partial charge in [-0.2, -0.15) is 11.8 Å². The Morgan fingerprint density at radius 3 is 0.851 bits per heavy atom. The number of aliphatic hydroxyl groups excluding tert-OH is 3. The normalized spacial score (nSPS) is 12.3. The number of rotatable bonds is 71. The zero-order chi connectivity index (χ0) is 64.1. The number of carbonyl (C=O) groups excluding carboxylic acids is 2. The minimum Gasteiger partial charge on any atom is -0.394 e. The Bertz CT molecular complexity index is 1250. The molecular formula is C76H156N2O8S. The van der Waals surface area contributed by atoms with Crippen molar-refractivity contribution in [2.45, 2.75) is 413 Å². The van der Waals surface area contributed by atoms with Crippen LogP contribution in [0.1, 0.15) is 395 Å². The number of unbranched alkanes of at least 4 members (excludes halogenated alkanes) is 47. The summed E-state index contributed by atoms with van der Waals surface area (Å²) in [6, 6.07) is 0. The molecule has 11 heteroatoms. The Morgan fingerprint density at radius 2 is 0.575 bits per heavy atom. The molecule has 0 aliphatic carbocycles. The van der Waals surface area contributed by atoms with Crippen molar-refractivity contribution in [1.29, 1.82) is 0 Å². The van der Waals surface area contributed by atoms with E-state index in [1.54, 1.807) is 0 Å². The molecule has 3 unspecified atom stereocenters. The Morgan fingerprint density at radius 1 is 0.333 bits per heavy atom. The van der Waals surface area contributed by atoms with Gasteiger partial charge in [0, 0.05) is 51.5 Å². The molecule has 0 aromatic heterocycles. The monoisotopic (exact) mass is 1260 g/mol. The van der Waals surface area contributed by atoms with Gasteiger partial charge in [0.2, 0.25) is 11.8 Å². The van der Waals surface area contributed by atoms with Gasteiger partial charge in [-0.3, -0.25) is 9.59 Å². The van der Waals surface area contributed by atoms with Crippen molar-refractivity contribution in [3.8, 4) is 0 Å². The van der Waals surface area contributed by atoms with Gasteiger partial charge in [-0.05, 0) is 44.3 Å². The van der Waals surface area contributed by atoms with Crippen LogP contribution in [0.25, 0.3) is 0 Å². The summed E-state index contributed by atoms with van der Waals surface area (Å²) in [5.41, 5.74) is 0. The highest BCUT2D eigenvalue weighted by atomic mass is 32.2. The second-order valence-corrected chi connectivity index (χ2v) is 27.0. The molecule has 2 amide bonds. The molecule has 0 aliphatic rings. The van der Waals surface area contributed by atoms with E-state index in [-0.39, 0.29) is 43.3 Å². The van der Waals surface area contributed by atoms with Crippen molar-refractivity contribution in [2.24, 2.45) is 0 Å². The highest BCUT2D eigenvalue weighted by Crippen LogP contribution is 2.17. The Balaban J connectivity index is -0.00000122. The van der Waals surface area contributed by atoms with Gasteiger partial charge in [0.05, 0.1) is 38.1 Å². The predicted molar refractivity (Wildman–Crippen MR) is 382 cm³/mol. The zero-order valence-corrected chi connectivity index (χ0v) is 60.3. The molecule has 0 rings (SSSR count). The first-order valence-corrected chi connectivity index (χ1v) is 39.8. The van der Waals surface area contributed by atoms with E-state index in [2.05, 4.69) is 52.2 Å². The maximum absolute atomic E-state index is 12.0. The topological polar surface area (TPSA) is 147 Å². The number of hydrogen-bond donors (Lipinski definition) is 5. The van der Waals surface area contributed by atoms with Crippen molar-refractivity contribution in [2.75, 3.05) is 64.2 Å². The first kappa shape index (κ1) is 90.2. The zero-order valence-electron chi connectivity index (χ0n) is 59.5. The lowest BCUT2D eigenvalue weighted by atomic mass is 10.1. The average Bonchev–Trinajstić information content (AvgIpc) is 3.53. The fourth-order valence-corrected chi connectivity index (χ4v) is 11.8. The molecule has 3 atom stereocenters. The van der Waals surface area contributed by atoms with Crippen LogP contribution in [0.4, 0.5) is 0 Å². The summed E-state index contributed by atoms with van der Waals surface area (Å²) in [5, 5.41) is 34.7. The number of nitrogens with one attached hydrogen (secondary N) is 2. The molecule has 87 heavy (non-hydrogen) atoms. The molecule has 0 aromatic rings. The molecule has 10 nitrogen and oxygen atoms in total. The van der Waals surface area contributed by atoms with Gasteiger partial charge in [0.1, 0.15) is 0 Å². The highest BCUT2D eigenvalue weighted by Gasteiger charge is 2.12. The smallest absolute Gasteiger partial charge is 0.220 e. The molecule has 0 aliphatic heterocycles. The first-order valence-electron chi connectivity index (χ1n) is 38.6. The van der Waals surface area contributed by atoms with Crippen LogP contribution in [0.2, 0.25) is 0 Å². The third kappa shape index (κ3) is 83.0. The van der Waals surface area contributed by atoms with E-state index in [0.29, 0.717) is 45.8 Å². The largest absolute Gasteiger partial charge is 0.394 e. The van der Waals surface area contributed by atoms with E-state index in [4.69, 9.17) is 14.2 Å². The molecule has 0 saturated carbocycles. The van der Waals surface area contributed by atoms with Crippen LogP contribution >= 0.6 is 11.8 Å². The number of amides is 2. The number of hydrogen-bond acceptors (Lipinski definition) is 9. The molecule has 0 fully saturated rings. The molecule has 0 radical (unpaired) electrons. The summed E-state index contributed by atoms with van der Waals surface area (Å²) in [6.07, 6.45) is 69.4. The third-order valence-electron chi connectivity index (χ3n) is 16.8. The first-order chi connectivity index (χ1) is 42.8. The Hall–Kier alpha value is -0.950. The van der Waals surface area contributed by atoms with Crippen molar-refractivity contribution >= 4 is 23.6 Å². The van der Waals surface area contributed by atoms with Crippen molar-refractivity contribution in [1.82, 2.24) is 10.6 Å². The third-order valence-corrected chi connectivity index (χ3v) is 18.0. The summed E-state index contributed by atoms with van der Waals surface area (Å²) < 4.78 is 17.1. The lowest BCUT2D eigenvalue weighted by Gasteiger charge is -2.16. The number of thioether (sulfide) groups is 1. The predicted octanol–water partition coefficient (Wildman–Crippen LogP) is 21.6. The Kier molecular flexibility index (Phi) is 86.2. The van der Waals surface area contributed by atoms with E-state index in [1.165, 1.54) is 301 Å². The van der Waals surface area contributed by atoms with E-state index >= 15 is 0 Å². The molecule has 0 heterocycles. The van der Waals surface area contributed by atoms with Crippen LogP contribution < -0.4 is 10.6 Å². The van der Waals surface area contributed by atoms with E-state index in [1.807, 2.05) is 11.8 Å². The van der Waals surface area contributed by atoms with Crippen LogP contribution in [0.3, 0.4) is 0 Å². The van der Waals surface area contributed by atoms with Crippen molar-refractivity contribution in [3.63, 3.8) is 0 Å². The van der Waals surface area contributed by atoms with Gasteiger partial charge in [0.15, 0.2) is 0 Å². The standard InChI is InChI=1S/C26H53NO3.C25H51NO3.C25H52O2S/c1-3-5-7-9-11-13-15-17-19-21-26(29)27-23-25(24-28)30-22-20-18-16-14-12-10-8-6-4-2;1-3-5-7-9-11-13-14-16-18-20-25(28)26-22-24(23-27)29-21-19-17-15-12-10-8-6-4-2;1-3-5-7-9-11-13-14-16-18-20-22-28-24-25(26)23-27-21-19-17-15-12-10-8-6-4-2/h25,28H,3-24H2,1-2H3,(H,27,29);24,27H,3-23H2,1-2H3,(H,26,28);25-26H,3-24H2,1-2H3. The highest BCUT2D eigenvalue weighted by molar-refractivity contribution is 7.99. The summed E-state index contributed by atoms with van der Waals surface area (Å²) in [6.45, 7) is 17.0. The average molecular weight is 1260 g/mol. The van der Waals surface area contributed by atoms with Gasteiger partial charge in [-0.1, -0.05) is 343 Å². The SMILES string of the molecule is CCCCCCCCCCCC(=O)NCC(CO)OCCCCCCCCCC.CCCCCCCCCCCCSCC(O)COCCCCCCCCCC.CCCCCCCCCCCOC(CO)CNC(=O)CCCCCCCCCCC. The molecule has 524 valence electrons. The molecule has 0 saturated heterocycles. The minimum atomic E-state index is -0.290. The number of carbonyl (C=O) groups is 2. The second-order valence-electron chi connectivity index (χ2n) is 25.9. The van der Waals surface area contributed by atoms with Crippen LogP contribution in [0, 0.1) is 0 Å². The summed E-state index contributed by atoms with van der Waals surface area (Å²) >= 11 is 1.89. The molecule has 5 N–H and O–H groups in total. The van der Waals surface area contributed by atoms with E-state index in [9.17, 15) is 24.9 Å². The number of ether oxygens (including phenoxy) is 3. The maximum Gasteiger partial charge on any atom is 0.220 e. The second kappa shape index (κ2) is 83.1. The van der Waals surface area contributed by atoms with E-state index < -0.39 is 0 Å². The lowest BCUT2D eigenvalue weighted by Crippen LogP contribution is -2.35. The van der Waals surface area contributed by atoms with Gasteiger partial charge < -0.3 is 40.2 Å². The van der Waals surface area contributed by atoms with Gasteiger partial charge in [-0.15, -0.1) is 0 Å². The molecular weight excluding hydrogens is 1100 g/mol. The fourth-order valence-electron chi connectivity index (χ4n) is 10.8. The fraction of sp³-hybridized carbons (Fsp3) is 0.974. The Labute approximate surface area is 547 Å². The van der Waals surface area contributed by atoms with Gasteiger partial charge in [-0.25, -0.2) is 0 Å². The van der Waals surface area contributed by atoms with Crippen molar-refractivity contribution in [3.05, 3.63) is 0 Å². The minimum absolute atomic E-state index is 0.0320. The van der Waals surface area contributed by atoms with Gasteiger partial charge in [0.25, 0.3) is 0 Å². The van der Waals surface area contributed by atoms with Gasteiger partial charge >= 0.3 is 0 Å². The maximum atomic E-state index is 12.0. The number of aliphatic hydroxyl groups is 3. The lowest BCUT2D eigenvalue weighted by molar-refractivity contribution is -0.122. The van der Waals surface area contributed by atoms with Crippen molar-refractivity contribution < 1.29 is 39.1 Å². The molecule has 0 aromatic carbocycles.